The zero-order valence-electron chi connectivity index (χ0n) is 16.6. The van der Waals surface area contributed by atoms with Crippen LogP contribution in [0.2, 0.25) is 0 Å². The normalized spacial score (nSPS) is 12.3. The molecule has 3 heterocycles. The first-order chi connectivity index (χ1) is 13.8. The van der Waals surface area contributed by atoms with Crippen LogP contribution < -0.4 is 20.3 Å². The Balaban J connectivity index is 1.67. The van der Waals surface area contributed by atoms with E-state index in [2.05, 4.69) is 15.4 Å². The second-order valence-corrected chi connectivity index (χ2v) is 6.97. The first-order valence-electron chi connectivity index (χ1n) is 9.14. The SMILES string of the molecule is Cc1cc(C)n(-c2nc(C)c(C)c(=O)n2CC(=O)Nc2ccc3c(c2)OCO3)n1. The van der Waals surface area contributed by atoms with Crippen LogP contribution >= 0.6 is 0 Å². The monoisotopic (exact) mass is 395 g/mol. The van der Waals surface area contributed by atoms with Gasteiger partial charge in [-0.2, -0.15) is 5.10 Å². The lowest BCUT2D eigenvalue weighted by molar-refractivity contribution is -0.116. The number of benzene rings is 1. The van der Waals surface area contributed by atoms with Gasteiger partial charge in [-0.25, -0.2) is 9.67 Å². The molecular weight excluding hydrogens is 374 g/mol. The molecule has 1 aliphatic heterocycles. The van der Waals surface area contributed by atoms with E-state index < -0.39 is 0 Å². The van der Waals surface area contributed by atoms with E-state index >= 15 is 0 Å². The van der Waals surface area contributed by atoms with Crippen molar-refractivity contribution in [3.05, 3.63) is 57.3 Å². The maximum absolute atomic E-state index is 12.9. The van der Waals surface area contributed by atoms with Crippen LogP contribution in [0.3, 0.4) is 0 Å². The Bertz CT molecular complexity index is 1180. The Morgan fingerprint density at radius 3 is 2.62 bits per heavy atom. The molecule has 9 heteroatoms. The lowest BCUT2D eigenvalue weighted by Gasteiger charge is -2.15. The van der Waals surface area contributed by atoms with E-state index in [0.29, 0.717) is 34.4 Å². The summed E-state index contributed by atoms with van der Waals surface area (Å²) in [6, 6.07) is 7.01. The minimum Gasteiger partial charge on any atom is -0.454 e. The van der Waals surface area contributed by atoms with Crippen LogP contribution in [0.15, 0.2) is 29.1 Å². The van der Waals surface area contributed by atoms with Crippen molar-refractivity contribution in [3.63, 3.8) is 0 Å². The minimum atomic E-state index is -0.362. The molecule has 1 N–H and O–H groups in total. The van der Waals surface area contributed by atoms with Gasteiger partial charge in [0.2, 0.25) is 18.6 Å². The van der Waals surface area contributed by atoms with Crippen LogP contribution in [0.4, 0.5) is 5.69 Å². The second-order valence-electron chi connectivity index (χ2n) is 6.97. The fourth-order valence-corrected chi connectivity index (χ4v) is 3.20. The predicted molar refractivity (Wildman–Crippen MR) is 106 cm³/mol. The van der Waals surface area contributed by atoms with Gasteiger partial charge in [-0.15, -0.1) is 0 Å². The predicted octanol–water partition coefficient (Wildman–Crippen LogP) is 2.03. The lowest BCUT2D eigenvalue weighted by atomic mass is 10.2. The smallest absolute Gasteiger partial charge is 0.258 e. The first-order valence-corrected chi connectivity index (χ1v) is 9.14. The third-order valence-electron chi connectivity index (χ3n) is 4.77. The summed E-state index contributed by atoms with van der Waals surface area (Å²) in [7, 11) is 0. The molecule has 0 radical (unpaired) electrons. The van der Waals surface area contributed by atoms with Gasteiger partial charge in [-0.3, -0.25) is 14.2 Å². The molecular formula is C20H21N5O4. The van der Waals surface area contributed by atoms with Gasteiger partial charge in [-0.05, 0) is 45.9 Å². The fourth-order valence-electron chi connectivity index (χ4n) is 3.20. The quantitative estimate of drug-likeness (QED) is 0.726. The third-order valence-corrected chi connectivity index (χ3v) is 4.77. The van der Waals surface area contributed by atoms with Gasteiger partial charge in [0.25, 0.3) is 5.56 Å². The van der Waals surface area contributed by atoms with Crippen molar-refractivity contribution < 1.29 is 14.3 Å². The average molecular weight is 395 g/mol. The molecule has 4 rings (SSSR count). The van der Waals surface area contributed by atoms with Crippen molar-refractivity contribution in [2.45, 2.75) is 34.2 Å². The molecule has 0 saturated carbocycles. The number of carbonyl (C=O) groups is 1. The van der Waals surface area contributed by atoms with Crippen molar-refractivity contribution in [1.29, 1.82) is 0 Å². The number of hydrogen-bond donors (Lipinski definition) is 1. The maximum Gasteiger partial charge on any atom is 0.258 e. The van der Waals surface area contributed by atoms with Crippen LogP contribution in [0, 0.1) is 27.7 Å². The fraction of sp³-hybridized carbons (Fsp3) is 0.300. The molecule has 1 aliphatic rings. The van der Waals surface area contributed by atoms with E-state index in [1.54, 1.807) is 36.7 Å². The summed E-state index contributed by atoms with van der Waals surface area (Å²) in [5, 5.41) is 7.20. The number of nitrogens with zero attached hydrogens (tertiary/aromatic N) is 4. The Kier molecular flexibility index (Phi) is 4.57. The topological polar surface area (TPSA) is 100 Å². The molecule has 9 nitrogen and oxygen atoms in total. The molecule has 0 unspecified atom stereocenters. The van der Waals surface area contributed by atoms with Gasteiger partial charge in [-0.1, -0.05) is 0 Å². The molecule has 1 aromatic carbocycles. The molecule has 1 amide bonds. The second kappa shape index (κ2) is 7.08. The van der Waals surface area contributed by atoms with Crippen molar-refractivity contribution in [3.8, 4) is 17.4 Å². The van der Waals surface area contributed by atoms with Gasteiger partial charge in [0, 0.05) is 28.7 Å². The molecule has 0 bridgehead atoms. The highest BCUT2D eigenvalue weighted by Gasteiger charge is 2.19. The Morgan fingerprint density at radius 1 is 1.14 bits per heavy atom. The number of hydrogen-bond acceptors (Lipinski definition) is 6. The number of aryl methyl sites for hydroxylation is 3. The van der Waals surface area contributed by atoms with E-state index in [0.717, 1.165) is 11.4 Å². The van der Waals surface area contributed by atoms with Gasteiger partial charge >= 0.3 is 0 Å². The summed E-state index contributed by atoms with van der Waals surface area (Å²) in [6.45, 7) is 7.15. The van der Waals surface area contributed by atoms with Crippen LogP contribution in [-0.2, 0) is 11.3 Å². The Labute approximate surface area is 166 Å². The summed E-state index contributed by atoms with van der Waals surface area (Å²) in [5.41, 5.74) is 2.99. The molecule has 0 aliphatic carbocycles. The largest absolute Gasteiger partial charge is 0.454 e. The maximum atomic E-state index is 12.9. The standard InChI is InChI=1S/C20H21N5O4/c1-11-7-12(2)25(23-11)20-21-14(4)13(3)19(27)24(20)9-18(26)22-15-5-6-16-17(8-15)29-10-28-16/h5-8H,9-10H2,1-4H3,(H,22,26). The van der Waals surface area contributed by atoms with E-state index in [-0.39, 0.29) is 24.8 Å². The number of nitrogens with one attached hydrogen (secondary N) is 1. The summed E-state index contributed by atoms with van der Waals surface area (Å²) < 4.78 is 13.5. The van der Waals surface area contributed by atoms with Crippen LogP contribution in [0.1, 0.15) is 22.6 Å². The van der Waals surface area contributed by atoms with Gasteiger partial charge in [0.1, 0.15) is 6.54 Å². The number of anilines is 1. The van der Waals surface area contributed by atoms with Crippen LogP contribution in [0.5, 0.6) is 11.5 Å². The molecule has 0 spiro atoms. The van der Waals surface area contributed by atoms with Crippen molar-refractivity contribution in [2.24, 2.45) is 0 Å². The molecule has 0 saturated heterocycles. The lowest BCUT2D eigenvalue weighted by Crippen LogP contribution is -2.33. The first kappa shape index (κ1) is 18.7. The van der Waals surface area contributed by atoms with E-state index in [4.69, 9.17) is 9.47 Å². The highest BCUT2D eigenvalue weighted by Crippen LogP contribution is 2.34. The van der Waals surface area contributed by atoms with E-state index in [1.165, 1.54) is 4.57 Å². The zero-order chi connectivity index (χ0) is 20.7. The number of fused-ring (bicyclic) bond motifs is 1. The molecule has 150 valence electrons. The van der Waals surface area contributed by atoms with E-state index in [1.807, 2.05) is 19.9 Å². The Hall–Kier alpha value is -3.62. The summed E-state index contributed by atoms with van der Waals surface area (Å²) in [4.78, 5) is 30.1. The molecule has 0 fully saturated rings. The summed E-state index contributed by atoms with van der Waals surface area (Å²) in [5.74, 6) is 1.14. The van der Waals surface area contributed by atoms with Crippen LogP contribution in [-0.4, -0.2) is 32.0 Å². The number of aromatic nitrogens is 4. The van der Waals surface area contributed by atoms with Crippen molar-refractivity contribution in [2.75, 3.05) is 12.1 Å². The van der Waals surface area contributed by atoms with Crippen molar-refractivity contribution in [1.82, 2.24) is 19.3 Å². The number of rotatable bonds is 4. The zero-order valence-corrected chi connectivity index (χ0v) is 16.6. The number of carbonyl (C=O) groups excluding carboxylic acids is 1. The third kappa shape index (κ3) is 3.46. The summed E-state index contributed by atoms with van der Waals surface area (Å²) >= 11 is 0. The molecule has 2 aromatic heterocycles. The Morgan fingerprint density at radius 2 is 1.90 bits per heavy atom. The number of ether oxygens (including phenoxy) is 2. The minimum absolute atomic E-state index is 0.155. The van der Waals surface area contributed by atoms with Gasteiger partial charge in [0.05, 0.1) is 5.69 Å². The van der Waals surface area contributed by atoms with Crippen LogP contribution in [0.25, 0.3) is 5.95 Å². The van der Waals surface area contributed by atoms with Gasteiger partial charge < -0.3 is 14.8 Å². The van der Waals surface area contributed by atoms with E-state index in [9.17, 15) is 9.59 Å². The van der Waals surface area contributed by atoms with Crippen molar-refractivity contribution >= 4 is 11.6 Å². The number of amides is 1. The highest BCUT2D eigenvalue weighted by molar-refractivity contribution is 5.91. The molecule has 29 heavy (non-hydrogen) atoms. The average Bonchev–Trinajstić information content (AvgIpc) is 3.27. The van der Waals surface area contributed by atoms with Gasteiger partial charge in [0.15, 0.2) is 11.5 Å². The summed E-state index contributed by atoms with van der Waals surface area (Å²) in [6.07, 6.45) is 0. The molecule has 0 atom stereocenters. The highest BCUT2D eigenvalue weighted by atomic mass is 16.7. The molecule has 3 aromatic rings.